The van der Waals surface area contributed by atoms with Gasteiger partial charge in [0.05, 0.1) is 5.75 Å². The zero-order valence-electron chi connectivity index (χ0n) is 18.1. The summed E-state index contributed by atoms with van der Waals surface area (Å²) in [5, 5.41) is 3.84. The quantitative estimate of drug-likeness (QED) is 0.515. The molecule has 0 unspecified atom stereocenters. The summed E-state index contributed by atoms with van der Waals surface area (Å²) in [6.07, 6.45) is 4.96. The lowest BCUT2D eigenvalue weighted by atomic mass is 10.1. The van der Waals surface area contributed by atoms with E-state index in [0.717, 1.165) is 37.0 Å². The lowest BCUT2D eigenvalue weighted by molar-refractivity contribution is -0.139. The number of carbonyl (C=O) groups excluding carboxylic acids is 2. The first-order chi connectivity index (χ1) is 15.1. The average Bonchev–Trinajstić information content (AvgIpc) is 3.28. The van der Waals surface area contributed by atoms with Gasteiger partial charge in [0, 0.05) is 23.4 Å². The van der Waals surface area contributed by atoms with Crippen LogP contribution in [-0.2, 0) is 21.9 Å². The summed E-state index contributed by atoms with van der Waals surface area (Å²) in [4.78, 5) is 28.1. The third-order valence-electron chi connectivity index (χ3n) is 5.69. The van der Waals surface area contributed by atoms with Crippen molar-refractivity contribution in [3.63, 3.8) is 0 Å². The highest BCUT2D eigenvalue weighted by molar-refractivity contribution is 7.99. The summed E-state index contributed by atoms with van der Waals surface area (Å²) in [6.45, 7) is 2.37. The van der Waals surface area contributed by atoms with Crippen LogP contribution in [0, 0.1) is 0 Å². The molecule has 1 atom stereocenters. The second-order valence-electron chi connectivity index (χ2n) is 8.04. The number of rotatable bonds is 10. The second kappa shape index (κ2) is 12.2. The molecule has 31 heavy (non-hydrogen) atoms. The molecule has 1 aliphatic rings. The Morgan fingerprint density at radius 2 is 1.74 bits per heavy atom. The van der Waals surface area contributed by atoms with Crippen LogP contribution >= 0.6 is 23.4 Å². The fourth-order valence-electron chi connectivity index (χ4n) is 3.99. The lowest BCUT2D eigenvalue weighted by Gasteiger charge is -2.31. The van der Waals surface area contributed by atoms with E-state index in [-0.39, 0.29) is 17.9 Å². The van der Waals surface area contributed by atoms with Gasteiger partial charge in [-0.2, -0.15) is 0 Å². The maximum atomic E-state index is 13.2. The highest BCUT2D eigenvalue weighted by Crippen LogP contribution is 2.21. The Morgan fingerprint density at radius 1 is 1.06 bits per heavy atom. The minimum Gasteiger partial charge on any atom is -0.352 e. The molecule has 0 bridgehead atoms. The molecule has 0 radical (unpaired) electrons. The zero-order valence-corrected chi connectivity index (χ0v) is 19.6. The zero-order chi connectivity index (χ0) is 22.1. The van der Waals surface area contributed by atoms with Gasteiger partial charge >= 0.3 is 0 Å². The molecule has 1 aliphatic carbocycles. The van der Waals surface area contributed by atoms with Gasteiger partial charge in [-0.05, 0) is 42.5 Å². The number of hydrogen-bond acceptors (Lipinski definition) is 3. The molecular formula is C25H31ClN2O2S. The molecule has 166 valence electrons. The molecule has 2 amide bonds. The van der Waals surface area contributed by atoms with Gasteiger partial charge in [-0.25, -0.2) is 0 Å². The smallest absolute Gasteiger partial charge is 0.243 e. The number of carbonyl (C=O) groups is 2. The summed E-state index contributed by atoms with van der Waals surface area (Å²) < 4.78 is 0. The number of amides is 2. The summed E-state index contributed by atoms with van der Waals surface area (Å²) in [5.41, 5.74) is 2.16. The monoisotopic (exact) mass is 458 g/mol. The van der Waals surface area contributed by atoms with E-state index >= 15 is 0 Å². The van der Waals surface area contributed by atoms with Crippen LogP contribution in [0.5, 0.6) is 0 Å². The van der Waals surface area contributed by atoms with Gasteiger partial charge in [0.2, 0.25) is 11.8 Å². The number of benzene rings is 2. The molecular weight excluding hydrogens is 428 g/mol. The number of nitrogens with zero attached hydrogens (tertiary/aromatic N) is 1. The van der Waals surface area contributed by atoms with Crippen LogP contribution in [0.15, 0.2) is 54.6 Å². The Kier molecular flexibility index (Phi) is 9.29. The van der Waals surface area contributed by atoms with Gasteiger partial charge in [0.15, 0.2) is 0 Å². The maximum absolute atomic E-state index is 13.2. The van der Waals surface area contributed by atoms with E-state index in [2.05, 4.69) is 17.4 Å². The maximum Gasteiger partial charge on any atom is 0.243 e. The topological polar surface area (TPSA) is 49.4 Å². The third kappa shape index (κ3) is 7.29. The average molecular weight is 459 g/mol. The van der Waals surface area contributed by atoms with E-state index in [1.165, 1.54) is 5.56 Å². The Morgan fingerprint density at radius 3 is 2.39 bits per heavy atom. The molecule has 1 saturated carbocycles. The molecule has 0 saturated heterocycles. The molecule has 0 aromatic heterocycles. The van der Waals surface area contributed by atoms with Gasteiger partial charge in [0.25, 0.3) is 0 Å². The van der Waals surface area contributed by atoms with Crippen molar-refractivity contribution in [2.75, 3.05) is 5.75 Å². The largest absolute Gasteiger partial charge is 0.352 e. The van der Waals surface area contributed by atoms with E-state index in [9.17, 15) is 9.59 Å². The van der Waals surface area contributed by atoms with E-state index in [4.69, 9.17) is 11.6 Å². The van der Waals surface area contributed by atoms with Crippen LogP contribution in [0.25, 0.3) is 0 Å². The summed E-state index contributed by atoms with van der Waals surface area (Å²) in [6, 6.07) is 17.4. The van der Waals surface area contributed by atoms with Crippen molar-refractivity contribution >= 4 is 35.2 Å². The minimum absolute atomic E-state index is 0.00990. The summed E-state index contributed by atoms with van der Waals surface area (Å²) >= 11 is 7.61. The molecule has 0 spiro atoms. The Hall–Kier alpha value is -1.98. The van der Waals surface area contributed by atoms with Crippen LogP contribution in [-0.4, -0.2) is 34.6 Å². The van der Waals surface area contributed by atoms with Crippen molar-refractivity contribution in [2.24, 2.45) is 0 Å². The van der Waals surface area contributed by atoms with E-state index in [0.29, 0.717) is 23.7 Å². The molecule has 2 aromatic rings. The molecule has 0 heterocycles. The molecule has 3 rings (SSSR count). The number of thioether (sulfide) groups is 1. The van der Waals surface area contributed by atoms with Gasteiger partial charge in [0.1, 0.15) is 6.04 Å². The second-order valence-corrected chi connectivity index (χ2v) is 9.46. The highest BCUT2D eigenvalue weighted by atomic mass is 35.5. The fraction of sp³-hybridized carbons (Fsp3) is 0.440. The van der Waals surface area contributed by atoms with Crippen molar-refractivity contribution in [1.29, 1.82) is 0 Å². The first-order valence-electron chi connectivity index (χ1n) is 11.0. The molecule has 1 fully saturated rings. The van der Waals surface area contributed by atoms with Crippen molar-refractivity contribution in [3.8, 4) is 0 Å². The molecule has 0 aliphatic heterocycles. The Bertz CT molecular complexity index is 838. The molecule has 6 heteroatoms. The van der Waals surface area contributed by atoms with E-state index in [1.807, 2.05) is 49.4 Å². The Balaban J connectivity index is 1.69. The standard InChI is InChI=1S/C25H31ClN2O2S/c1-2-23(25(30)27-22-10-6-7-11-22)28(16-19-12-14-21(26)15-13-19)24(29)18-31-17-20-8-4-3-5-9-20/h3-5,8-9,12-15,22-23H,2,6-7,10-11,16-18H2,1H3,(H,27,30)/t23-/m0/s1. The van der Waals surface area contributed by atoms with Crippen molar-refractivity contribution in [1.82, 2.24) is 10.2 Å². The first kappa shape index (κ1) is 23.7. The highest BCUT2D eigenvalue weighted by Gasteiger charge is 2.30. The SMILES string of the molecule is CC[C@@H](C(=O)NC1CCCC1)N(Cc1ccc(Cl)cc1)C(=O)CSCc1ccccc1. The van der Waals surface area contributed by atoms with Crippen LogP contribution in [0.4, 0.5) is 0 Å². The predicted molar refractivity (Wildman–Crippen MR) is 129 cm³/mol. The van der Waals surface area contributed by atoms with Crippen molar-refractivity contribution in [3.05, 3.63) is 70.7 Å². The molecule has 1 N–H and O–H groups in total. The van der Waals surface area contributed by atoms with Crippen LogP contribution in [0.1, 0.15) is 50.2 Å². The van der Waals surface area contributed by atoms with Crippen LogP contribution < -0.4 is 5.32 Å². The summed E-state index contributed by atoms with van der Waals surface area (Å²) in [5.74, 6) is 1.07. The Labute approximate surface area is 194 Å². The number of hydrogen-bond donors (Lipinski definition) is 1. The van der Waals surface area contributed by atoms with Gasteiger partial charge in [-0.15, -0.1) is 11.8 Å². The fourth-order valence-corrected chi connectivity index (χ4v) is 4.98. The third-order valence-corrected chi connectivity index (χ3v) is 6.93. The number of halogens is 1. The predicted octanol–water partition coefficient (Wildman–Crippen LogP) is 5.44. The van der Waals surface area contributed by atoms with Gasteiger partial charge in [-0.3, -0.25) is 9.59 Å². The van der Waals surface area contributed by atoms with Gasteiger partial charge < -0.3 is 10.2 Å². The minimum atomic E-state index is -0.471. The normalized spacial score (nSPS) is 14.9. The van der Waals surface area contributed by atoms with Crippen molar-refractivity contribution in [2.45, 2.75) is 63.4 Å². The van der Waals surface area contributed by atoms with E-state index in [1.54, 1.807) is 16.7 Å². The lowest BCUT2D eigenvalue weighted by Crippen LogP contribution is -2.51. The molecule has 4 nitrogen and oxygen atoms in total. The van der Waals surface area contributed by atoms with Crippen LogP contribution in [0.3, 0.4) is 0 Å². The van der Waals surface area contributed by atoms with E-state index < -0.39 is 6.04 Å². The number of nitrogens with one attached hydrogen (secondary N) is 1. The molecule has 2 aromatic carbocycles. The van der Waals surface area contributed by atoms with Gasteiger partial charge in [-0.1, -0.05) is 73.8 Å². The summed E-state index contributed by atoms with van der Waals surface area (Å²) in [7, 11) is 0. The first-order valence-corrected chi connectivity index (χ1v) is 12.6. The van der Waals surface area contributed by atoms with Crippen molar-refractivity contribution < 1.29 is 9.59 Å². The van der Waals surface area contributed by atoms with Crippen LogP contribution in [0.2, 0.25) is 5.02 Å².